The van der Waals surface area contributed by atoms with Gasteiger partial charge in [0.25, 0.3) is 0 Å². The molecule has 0 saturated carbocycles. The van der Waals surface area contributed by atoms with E-state index >= 15 is 0 Å². The first-order chi connectivity index (χ1) is 8.24. The van der Waals surface area contributed by atoms with Gasteiger partial charge in [0.05, 0.1) is 0 Å². The van der Waals surface area contributed by atoms with E-state index in [2.05, 4.69) is 34.1 Å². The molecule has 0 aromatic rings. The fraction of sp³-hybridized carbons (Fsp3) is 1.00. The Bertz CT molecular complexity index is 183. The van der Waals surface area contributed by atoms with Gasteiger partial charge in [0.2, 0.25) is 0 Å². The van der Waals surface area contributed by atoms with Gasteiger partial charge in [-0.3, -0.25) is 4.90 Å². The number of nitrogens with one attached hydrogen (secondary N) is 1. The molecule has 4 heteroatoms. The third kappa shape index (κ3) is 4.54. The fourth-order valence-corrected chi connectivity index (χ4v) is 2.71. The molecule has 1 N–H and O–H groups in total. The summed E-state index contributed by atoms with van der Waals surface area (Å²) in [7, 11) is 4.44. The second kappa shape index (κ2) is 6.69. The van der Waals surface area contributed by atoms with Crippen molar-refractivity contribution in [2.24, 2.45) is 0 Å². The van der Waals surface area contributed by atoms with E-state index in [1.165, 1.54) is 58.7 Å². The Morgan fingerprint density at radius 1 is 0.882 bits per heavy atom. The van der Waals surface area contributed by atoms with Gasteiger partial charge in [0, 0.05) is 45.3 Å². The van der Waals surface area contributed by atoms with E-state index in [1.54, 1.807) is 0 Å². The quantitative estimate of drug-likeness (QED) is 0.742. The zero-order valence-corrected chi connectivity index (χ0v) is 11.5. The number of rotatable bonds is 4. The van der Waals surface area contributed by atoms with E-state index in [9.17, 15) is 0 Å². The highest BCUT2D eigenvalue weighted by Crippen LogP contribution is 2.07. The second-order valence-electron chi connectivity index (χ2n) is 5.68. The summed E-state index contributed by atoms with van der Waals surface area (Å²) in [5.41, 5.74) is 0. The standard InChI is InChI=1S/C13H28N4/c1-15-6-3-13(4-7-15)14-5-8-17-11-9-16(2)10-12-17/h13-14H,3-12H2,1-2H3. The number of hydrogen-bond acceptors (Lipinski definition) is 4. The molecule has 2 heterocycles. The summed E-state index contributed by atoms with van der Waals surface area (Å²) in [5, 5.41) is 3.72. The minimum Gasteiger partial charge on any atom is -0.313 e. The minimum absolute atomic E-state index is 0.763. The molecular weight excluding hydrogens is 212 g/mol. The van der Waals surface area contributed by atoms with E-state index in [0.717, 1.165) is 12.6 Å². The molecular formula is C13H28N4. The van der Waals surface area contributed by atoms with Crippen molar-refractivity contribution in [3.63, 3.8) is 0 Å². The van der Waals surface area contributed by atoms with Crippen molar-refractivity contribution in [1.82, 2.24) is 20.0 Å². The lowest BCUT2D eigenvalue weighted by Crippen LogP contribution is -2.48. The first-order valence-corrected chi connectivity index (χ1v) is 7.07. The lowest BCUT2D eigenvalue weighted by atomic mass is 10.1. The summed E-state index contributed by atoms with van der Waals surface area (Å²) >= 11 is 0. The average Bonchev–Trinajstić information content (AvgIpc) is 2.34. The van der Waals surface area contributed by atoms with Crippen LogP contribution in [0.2, 0.25) is 0 Å². The lowest BCUT2D eigenvalue weighted by molar-refractivity contribution is 0.151. The minimum atomic E-state index is 0.763. The van der Waals surface area contributed by atoms with Crippen molar-refractivity contribution in [3.05, 3.63) is 0 Å². The highest BCUT2D eigenvalue weighted by molar-refractivity contribution is 4.76. The van der Waals surface area contributed by atoms with E-state index in [0.29, 0.717) is 0 Å². The van der Waals surface area contributed by atoms with Gasteiger partial charge in [0.15, 0.2) is 0 Å². The normalized spacial score (nSPS) is 26.5. The predicted octanol–water partition coefficient (Wildman–Crippen LogP) is -0.0824. The summed E-state index contributed by atoms with van der Waals surface area (Å²) in [6.45, 7) is 9.84. The Morgan fingerprint density at radius 3 is 2.12 bits per heavy atom. The van der Waals surface area contributed by atoms with Crippen LogP contribution in [0.3, 0.4) is 0 Å². The predicted molar refractivity (Wildman–Crippen MR) is 72.5 cm³/mol. The zero-order chi connectivity index (χ0) is 12.1. The summed E-state index contributed by atoms with van der Waals surface area (Å²) in [4.78, 5) is 7.43. The number of piperidine rings is 1. The van der Waals surface area contributed by atoms with Gasteiger partial charge in [-0.1, -0.05) is 0 Å². The molecule has 0 aliphatic carbocycles. The number of likely N-dealkylation sites (N-methyl/N-ethyl adjacent to an activating group) is 1. The molecule has 100 valence electrons. The molecule has 4 nitrogen and oxygen atoms in total. The van der Waals surface area contributed by atoms with Crippen molar-refractivity contribution in [1.29, 1.82) is 0 Å². The van der Waals surface area contributed by atoms with E-state index in [4.69, 9.17) is 0 Å². The average molecular weight is 240 g/mol. The molecule has 0 unspecified atom stereocenters. The van der Waals surface area contributed by atoms with Crippen LogP contribution in [0.1, 0.15) is 12.8 Å². The Kier molecular flexibility index (Phi) is 5.22. The van der Waals surface area contributed by atoms with Gasteiger partial charge in [-0.25, -0.2) is 0 Å². The molecule has 0 atom stereocenters. The van der Waals surface area contributed by atoms with Crippen LogP contribution in [-0.4, -0.2) is 87.2 Å². The fourth-order valence-electron chi connectivity index (χ4n) is 2.71. The van der Waals surface area contributed by atoms with Crippen LogP contribution in [0.25, 0.3) is 0 Å². The van der Waals surface area contributed by atoms with Gasteiger partial charge in [0.1, 0.15) is 0 Å². The smallest absolute Gasteiger partial charge is 0.0110 e. The van der Waals surface area contributed by atoms with E-state index in [-0.39, 0.29) is 0 Å². The van der Waals surface area contributed by atoms with Crippen LogP contribution in [0.5, 0.6) is 0 Å². The molecule has 2 fully saturated rings. The molecule has 0 aromatic carbocycles. The summed E-state index contributed by atoms with van der Waals surface area (Å²) in [5.74, 6) is 0. The third-order valence-corrected chi connectivity index (χ3v) is 4.18. The second-order valence-corrected chi connectivity index (χ2v) is 5.68. The molecule has 0 radical (unpaired) electrons. The maximum atomic E-state index is 3.72. The molecule has 17 heavy (non-hydrogen) atoms. The Balaban J connectivity index is 1.54. The Labute approximate surface area is 106 Å². The van der Waals surface area contributed by atoms with Crippen LogP contribution in [0.15, 0.2) is 0 Å². The summed E-state index contributed by atoms with van der Waals surface area (Å²) < 4.78 is 0. The summed E-state index contributed by atoms with van der Waals surface area (Å²) in [6, 6.07) is 0.763. The van der Waals surface area contributed by atoms with Crippen molar-refractivity contribution in [2.45, 2.75) is 18.9 Å². The van der Waals surface area contributed by atoms with Crippen LogP contribution in [0.4, 0.5) is 0 Å². The zero-order valence-electron chi connectivity index (χ0n) is 11.5. The number of hydrogen-bond donors (Lipinski definition) is 1. The molecule has 0 bridgehead atoms. The molecule has 2 aliphatic heterocycles. The Morgan fingerprint density at radius 2 is 1.47 bits per heavy atom. The maximum Gasteiger partial charge on any atom is 0.0110 e. The van der Waals surface area contributed by atoms with E-state index in [1.807, 2.05) is 0 Å². The van der Waals surface area contributed by atoms with Gasteiger partial charge < -0.3 is 15.1 Å². The molecule has 2 rings (SSSR count). The summed E-state index contributed by atoms with van der Waals surface area (Å²) in [6.07, 6.45) is 2.64. The number of nitrogens with zero attached hydrogens (tertiary/aromatic N) is 3. The molecule has 2 saturated heterocycles. The molecule has 0 amide bonds. The Hall–Kier alpha value is -0.160. The van der Waals surface area contributed by atoms with Crippen LogP contribution >= 0.6 is 0 Å². The molecule has 0 aromatic heterocycles. The van der Waals surface area contributed by atoms with Crippen molar-refractivity contribution >= 4 is 0 Å². The SMILES string of the molecule is CN1CCC(NCCN2CCN(C)CC2)CC1. The van der Waals surface area contributed by atoms with Crippen LogP contribution in [-0.2, 0) is 0 Å². The van der Waals surface area contributed by atoms with Gasteiger partial charge >= 0.3 is 0 Å². The monoisotopic (exact) mass is 240 g/mol. The van der Waals surface area contributed by atoms with Gasteiger partial charge in [-0.2, -0.15) is 0 Å². The molecule has 2 aliphatic rings. The first kappa shape index (κ1) is 13.3. The molecule has 0 spiro atoms. The van der Waals surface area contributed by atoms with E-state index < -0.39 is 0 Å². The van der Waals surface area contributed by atoms with Crippen LogP contribution < -0.4 is 5.32 Å². The van der Waals surface area contributed by atoms with Gasteiger partial charge in [-0.05, 0) is 40.0 Å². The lowest BCUT2D eigenvalue weighted by Gasteiger charge is -2.33. The topological polar surface area (TPSA) is 21.8 Å². The van der Waals surface area contributed by atoms with Crippen molar-refractivity contribution in [2.75, 3.05) is 66.5 Å². The van der Waals surface area contributed by atoms with Gasteiger partial charge in [-0.15, -0.1) is 0 Å². The third-order valence-electron chi connectivity index (χ3n) is 4.18. The first-order valence-electron chi connectivity index (χ1n) is 7.07. The largest absolute Gasteiger partial charge is 0.313 e. The highest BCUT2D eigenvalue weighted by atomic mass is 15.2. The number of likely N-dealkylation sites (tertiary alicyclic amines) is 1. The van der Waals surface area contributed by atoms with Crippen molar-refractivity contribution < 1.29 is 0 Å². The number of piperazine rings is 1. The van der Waals surface area contributed by atoms with Crippen LogP contribution in [0, 0.1) is 0 Å². The maximum absolute atomic E-state index is 3.72. The highest BCUT2D eigenvalue weighted by Gasteiger charge is 2.17. The van der Waals surface area contributed by atoms with Crippen molar-refractivity contribution in [3.8, 4) is 0 Å².